The number of para-hydroxylation sites is 1. The average Bonchev–Trinajstić information content (AvgIpc) is 2.74. The Balaban J connectivity index is 1.44. The highest BCUT2D eigenvalue weighted by molar-refractivity contribution is 8.13. The fourth-order valence-corrected chi connectivity index (χ4v) is 4.03. The molecule has 0 amide bonds. The van der Waals surface area contributed by atoms with Gasteiger partial charge in [-0.25, -0.2) is 9.38 Å². The molecule has 0 spiro atoms. The lowest BCUT2D eigenvalue weighted by Gasteiger charge is -2.37. The van der Waals surface area contributed by atoms with Crippen molar-refractivity contribution >= 4 is 22.6 Å². The number of likely N-dealkylation sites (tertiary alicyclic amines) is 1. The van der Waals surface area contributed by atoms with Crippen molar-refractivity contribution in [2.24, 2.45) is 4.99 Å². The van der Waals surface area contributed by atoms with E-state index in [9.17, 15) is 4.39 Å². The molecule has 2 aromatic rings. The Morgan fingerprint density at radius 1 is 1.14 bits per heavy atom. The van der Waals surface area contributed by atoms with Crippen LogP contribution in [0.2, 0.25) is 0 Å². The van der Waals surface area contributed by atoms with E-state index in [0.717, 1.165) is 49.1 Å². The second kappa shape index (κ2) is 10.5. The minimum absolute atomic E-state index is 0.237. The second-order valence-electron chi connectivity index (χ2n) is 6.92. The van der Waals surface area contributed by atoms with Gasteiger partial charge in [0, 0.05) is 32.7 Å². The first-order valence-electron chi connectivity index (χ1n) is 9.67. The number of nitrogens with zero attached hydrogens (tertiary/aromatic N) is 3. The van der Waals surface area contributed by atoms with Gasteiger partial charge in [-0.05, 0) is 55.5 Å². The normalized spacial score (nSPS) is 16.2. The molecule has 4 nitrogen and oxygen atoms in total. The number of thioether (sulfide) groups is 1. The Kier molecular flexibility index (Phi) is 7.74. The van der Waals surface area contributed by atoms with Gasteiger partial charge in [-0.2, -0.15) is 0 Å². The van der Waals surface area contributed by atoms with Crippen LogP contribution in [0, 0.1) is 5.82 Å². The summed E-state index contributed by atoms with van der Waals surface area (Å²) in [6, 6.07) is 16.8. The van der Waals surface area contributed by atoms with Gasteiger partial charge < -0.3 is 9.64 Å². The third kappa shape index (κ3) is 5.97. The van der Waals surface area contributed by atoms with E-state index in [2.05, 4.69) is 23.1 Å². The summed E-state index contributed by atoms with van der Waals surface area (Å²) in [5, 5.41) is 1.06. The number of aliphatic imine (C=N–C) groups is 1. The summed E-state index contributed by atoms with van der Waals surface area (Å²) in [6.45, 7) is 3.61. The molecule has 0 aromatic heterocycles. The van der Waals surface area contributed by atoms with E-state index in [4.69, 9.17) is 9.73 Å². The van der Waals surface area contributed by atoms with Crippen molar-refractivity contribution in [3.63, 3.8) is 0 Å². The molecule has 2 aromatic carbocycles. The van der Waals surface area contributed by atoms with Crippen LogP contribution in [0.25, 0.3) is 0 Å². The second-order valence-corrected chi connectivity index (χ2v) is 7.69. The van der Waals surface area contributed by atoms with Gasteiger partial charge in [-0.1, -0.05) is 30.0 Å². The standard InChI is InChI=1S/C22H28FN3OS/c1-25(22(28-2)24-19-6-4-3-5-7-19)20-12-14-26(15-13-20)16-17-27-21-10-8-18(23)9-11-21/h3-11,20H,12-17H2,1-2H3. The molecule has 1 aliphatic rings. The van der Waals surface area contributed by atoms with Crippen LogP contribution in [0.4, 0.5) is 10.1 Å². The molecule has 3 rings (SSSR count). The number of rotatable bonds is 6. The molecule has 0 saturated carbocycles. The number of halogens is 1. The topological polar surface area (TPSA) is 28.1 Å². The minimum Gasteiger partial charge on any atom is -0.492 e. The molecule has 1 heterocycles. The highest BCUT2D eigenvalue weighted by Gasteiger charge is 2.24. The van der Waals surface area contributed by atoms with E-state index in [0.29, 0.717) is 12.6 Å². The van der Waals surface area contributed by atoms with Crippen molar-refractivity contribution in [3.05, 3.63) is 60.4 Å². The third-order valence-corrected chi connectivity index (χ3v) is 5.80. The van der Waals surface area contributed by atoms with E-state index in [1.54, 1.807) is 23.9 Å². The first-order chi connectivity index (χ1) is 13.7. The zero-order valence-electron chi connectivity index (χ0n) is 16.6. The van der Waals surface area contributed by atoms with Gasteiger partial charge >= 0.3 is 0 Å². The van der Waals surface area contributed by atoms with E-state index in [1.165, 1.54) is 12.1 Å². The minimum atomic E-state index is -0.237. The monoisotopic (exact) mass is 401 g/mol. The summed E-state index contributed by atoms with van der Waals surface area (Å²) in [6.07, 6.45) is 4.31. The van der Waals surface area contributed by atoms with Crippen molar-refractivity contribution in [1.82, 2.24) is 9.80 Å². The van der Waals surface area contributed by atoms with Crippen LogP contribution in [0.3, 0.4) is 0 Å². The third-order valence-electron chi connectivity index (χ3n) is 5.06. The van der Waals surface area contributed by atoms with Gasteiger partial charge in [-0.3, -0.25) is 4.90 Å². The van der Waals surface area contributed by atoms with Gasteiger partial charge in [0.15, 0.2) is 5.17 Å². The molecule has 0 atom stereocenters. The van der Waals surface area contributed by atoms with Crippen LogP contribution in [0.1, 0.15) is 12.8 Å². The van der Waals surface area contributed by atoms with Crippen molar-refractivity contribution in [2.75, 3.05) is 39.5 Å². The van der Waals surface area contributed by atoms with Crippen molar-refractivity contribution in [2.45, 2.75) is 18.9 Å². The molecule has 6 heteroatoms. The average molecular weight is 402 g/mol. The van der Waals surface area contributed by atoms with Crippen molar-refractivity contribution in [1.29, 1.82) is 0 Å². The van der Waals surface area contributed by atoms with E-state index < -0.39 is 0 Å². The number of hydrogen-bond donors (Lipinski definition) is 0. The number of ether oxygens (including phenoxy) is 1. The van der Waals surface area contributed by atoms with Gasteiger partial charge in [0.1, 0.15) is 18.2 Å². The number of benzene rings is 2. The molecule has 1 aliphatic heterocycles. The lowest BCUT2D eigenvalue weighted by atomic mass is 10.0. The van der Waals surface area contributed by atoms with Gasteiger partial charge in [-0.15, -0.1) is 0 Å². The maximum atomic E-state index is 12.9. The van der Waals surface area contributed by atoms with E-state index >= 15 is 0 Å². The zero-order valence-corrected chi connectivity index (χ0v) is 17.4. The Hall–Kier alpha value is -2.05. The maximum Gasteiger partial charge on any atom is 0.164 e. The van der Waals surface area contributed by atoms with E-state index in [-0.39, 0.29) is 5.82 Å². The quantitative estimate of drug-likeness (QED) is 0.520. The highest BCUT2D eigenvalue weighted by Crippen LogP contribution is 2.21. The Morgan fingerprint density at radius 3 is 2.46 bits per heavy atom. The molecule has 0 radical (unpaired) electrons. The molecule has 0 aliphatic carbocycles. The largest absolute Gasteiger partial charge is 0.492 e. The molecule has 0 unspecified atom stereocenters. The predicted octanol–water partition coefficient (Wildman–Crippen LogP) is 4.65. The lowest BCUT2D eigenvalue weighted by Crippen LogP contribution is -2.45. The zero-order chi connectivity index (χ0) is 19.8. The molecule has 28 heavy (non-hydrogen) atoms. The Morgan fingerprint density at radius 2 is 1.82 bits per heavy atom. The van der Waals surface area contributed by atoms with Crippen LogP contribution < -0.4 is 4.74 Å². The van der Waals surface area contributed by atoms with Crippen molar-refractivity contribution in [3.8, 4) is 5.75 Å². The molecule has 150 valence electrons. The SMILES string of the molecule is CSC(=Nc1ccccc1)N(C)C1CCN(CCOc2ccc(F)cc2)CC1. The van der Waals surface area contributed by atoms with E-state index in [1.807, 2.05) is 30.3 Å². The Bertz CT molecular complexity index is 746. The van der Waals surface area contributed by atoms with Gasteiger partial charge in [0.05, 0.1) is 5.69 Å². The van der Waals surface area contributed by atoms with Crippen LogP contribution in [0.15, 0.2) is 59.6 Å². The lowest BCUT2D eigenvalue weighted by molar-refractivity contribution is 0.144. The summed E-state index contributed by atoms with van der Waals surface area (Å²) < 4.78 is 18.6. The van der Waals surface area contributed by atoms with Crippen LogP contribution in [0.5, 0.6) is 5.75 Å². The fourth-order valence-electron chi connectivity index (χ4n) is 3.39. The molecule has 0 N–H and O–H groups in total. The van der Waals surface area contributed by atoms with Crippen molar-refractivity contribution < 1.29 is 9.13 Å². The smallest absolute Gasteiger partial charge is 0.164 e. The summed E-state index contributed by atoms with van der Waals surface area (Å²) in [7, 11) is 2.15. The summed E-state index contributed by atoms with van der Waals surface area (Å²) in [5.74, 6) is 0.483. The predicted molar refractivity (Wildman–Crippen MR) is 116 cm³/mol. The number of amidine groups is 1. The number of hydrogen-bond acceptors (Lipinski definition) is 4. The van der Waals surface area contributed by atoms with Crippen LogP contribution in [-0.4, -0.2) is 60.6 Å². The van der Waals surface area contributed by atoms with Gasteiger partial charge in [0.2, 0.25) is 0 Å². The Labute approximate surface area is 171 Å². The first kappa shape index (κ1) is 20.7. The molecular formula is C22H28FN3OS. The molecule has 0 bridgehead atoms. The maximum absolute atomic E-state index is 12.9. The molecule has 1 saturated heterocycles. The first-order valence-corrected chi connectivity index (χ1v) is 10.9. The highest BCUT2D eigenvalue weighted by atomic mass is 32.2. The molecular weight excluding hydrogens is 373 g/mol. The van der Waals surface area contributed by atoms with Crippen LogP contribution >= 0.6 is 11.8 Å². The molecule has 1 fully saturated rings. The number of piperidine rings is 1. The van der Waals surface area contributed by atoms with Crippen LogP contribution in [-0.2, 0) is 0 Å². The summed E-state index contributed by atoms with van der Waals surface area (Å²) in [5.41, 5.74) is 0.995. The summed E-state index contributed by atoms with van der Waals surface area (Å²) in [4.78, 5) is 9.56. The fraction of sp³-hybridized carbons (Fsp3) is 0.409. The summed E-state index contributed by atoms with van der Waals surface area (Å²) >= 11 is 1.70. The van der Waals surface area contributed by atoms with Gasteiger partial charge in [0.25, 0.3) is 0 Å².